The van der Waals surface area contributed by atoms with Gasteiger partial charge in [-0.25, -0.2) is 0 Å². The van der Waals surface area contributed by atoms with Crippen LogP contribution in [0, 0.1) is 0 Å². The molecule has 1 aromatic rings. The Hall–Kier alpha value is -0.677. The van der Waals surface area contributed by atoms with Gasteiger partial charge in [-0.05, 0) is 0 Å². The van der Waals surface area contributed by atoms with E-state index in [1.54, 1.807) is 28.0 Å². The van der Waals surface area contributed by atoms with E-state index in [2.05, 4.69) is 51.1 Å². The molecule has 0 nitrogen and oxygen atoms in total. The number of benzene rings is 1. The van der Waals surface area contributed by atoms with Crippen LogP contribution in [0.3, 0.4) is 0 Å². The first-order valence-electron chi connectivity index (χ1n) is 6.53. The van der Waals surface area contributed by atoms with Crippen LogP contribution in [0.1, 0.15) is 49.8 Å². The van der Waals surface area contributed by atoms with Gasteiger partial charge in [0.2, 0.25) is 0 Å². The maximum atomic E-state index is 2.33. The van der Waals surface area contributed by atoms with Gasteiger partial charge in [-0.2, -0.15) is 0 Å². The zero-order valence-corrected chi connectivity index (χ0v) is 13.6. The summed E-state index contributed by atoms with van der Waals surface area (Å²) in [7, 11) is 0. The molecule has 0 bridgehead atoms. The van der Waals surface area contributed by atoms with E-state index < -0.39 is 0 Å². The summed E-state index contributed by atoms with van der Waals surface area (Å²) in [5, 5.41) is 0. The standard InChI is InChI=1S/C17H17.Zr/c1-11-12(2)15-9-6-10-16(17(15)13(11)3)14-7-4-5-8-14;/h4,6-7,9-10,12H,5H2,1-3H3;. The summed E-state index contributed by atoms with van der Waals surface area (Å²) in [5.41, 5.74) is 8.97. The molecule has 1 aromatic carbocycles. The summed E-state index contributed by atoms with van der Waals surface area (Å²) < 4.78 is 1.58. The summed E-state index contributed by atoms with van der Waals surface area (Å²) in [6, 6.07) is 6.81. The quantitative estimate of drug-likeness (QED) is 0.698. The fourth-order valence-corrected chi connectivity index (χ4v) is 3.91. The summed E-state index contributed by atoms with van der Waals surface area (Å²) in [4.78, 5) is 0. The Morgan fingerprint density at radius 1 is 1.22 bits per heavy atom. The molecule has 3 rings (SSSR count). The zero-order chi connectivity index (χ0) is 12.9. The molecular weight excluding hydrogens is 295 g/mol. The average Bonchev–Trinajstić information content (AvgIpc) is 2.89. The first-order valence-corrected chi connectivity index (χ1v) is 7.76. The van der Waals surface area contributed by atoms with Crippen molar-refractivity contribution in [1.82, 2.24) is 0 Å². The first-order chi connectivity index (χ1) is 8.61. The van der Waals surface area contributed by atoms with Gasteiger partial charge in [-0.1, -0.05) is 0 Å². The van der Waals surface area contributed by atoms with Crippen LogP contribution in [0.25, 0.3) is 11.1 Å². The third-order valence-corrected chi connectivity index (χ3v) is 5.56. The second kappa shape index (κ2) is 4.46. The van der Waals surface area contributed by atoms with E-state index in [9.17, 15) is 0 Å². The van der Waals surface area contributed by atoms with Gasteiger partial charge in [0.1, 0.15) is 0 Å². The van der Waals surface area contributed by atoms with Crippen molar-refractivity contribution >= 4 is 11.1 Å². The topological polar surface area (TPSA) is 0 Å². The van der Waals surface area contributed by atoms with Crippen LogP contribution >= 0.6 is 0 Å². The van der Waals surface area contributed by atoms with Gasteiger partial charge in [0.05, 0.1) is 0 Å². The van der Waals surface area contributed by atoms with Crippen molar-refractivity contribution in [2.75, 3.05) is 0 Å². The Labute approximate surface area is 124 Å². The molecule has 18 heavy (non-hydrogen) atoms. The van der Waals surface area contributed by atoms with Crippen LogP contribution in [0.15, 0.2) is 39.2 Å². The van der Waals surface area contributed by atoms with Crippen molar-refractivity contribution in [2.24, 2.45) is 0 Å². The third-order valence-electron chi connectivity index (χ3n) is 4.40. The van der Waals surface area contributed by atoms with E-state index in [0.29, 0.717) is 5.92 Å². The molecule has 0 saturated carbocycles. The zero-order valence-electron chi connectivity index (χ0n) is 11.2. The molecule has 0 spiro atoms. The molecule has 0 aliphatic heterocycles. The van der Waals surface area contributed by atoms with Crippen molar-refractivity contribution in [3.63, 3.8) is 0 Å². The van der Waals surface area contributed by atoms with Gasteiger partial charge < -0.3 is 0 Å². The molecule has 0 saturated heterocycles. The molecular formula is C17H17Zr. The number of rotatable bonds is 1. The number of fused-ring (bicyclic) bond motifs is 1. The Balaban J connectivity index is 2.27. The predicted molar refractivity (Wildman–Crippen MR) is 73.8 cm³/mol. The third kappa shape index (κ3) is 1.67. The van der Waals surface area contributed by atoms with E-state index in [4.69, 9.17) is 0 Å². The van der Waals surface area contributed by atoms with Crippen LogP contribution in [0.2, 0.25) is 0 Å². The fraction of sp³-hybridized carbons (Fsp3) is 0.294. The fourth-order valence-electron chi connectivity index (χ4n) is 3.09. The Bertz CT molecular complexity index is 614. The van der Waals surface area contributed by atoms with Gasteiger partial charge in [0, 0.05) is 0 Å². The monoisotopic (exact) mass is 311 g/mol. The summed E-state index contributed by atoms with van der Waals surface area (Å²) in [6.45, 7) is 6.89. The van der Waals surface area contributed by atoms with Gasteiger partial charge in [-0.15, -0.1) is 0 Å². The van der Waals surface area contributed by atoms with Crippen molar-refractivity contribution in [2.45, 2.75) is 33.1 Å². The molecule has 0 heterocycles. The Morgan fingerprint density at radius 3 is 2.67 bits per heavy atom. The molecule has 2 aliphatic rings. The second-order valence-corrected chi connectivity index (χ2v) is 6.78. The predicted octanol–water partition coefficient (Wildman–Crippen LogP) is 4.81. The maximum absolute atomic E-state index is 2.33. The average molecular weight is 313 g/mol. The number of hydrogen-bond donors (Lipinski definition) is 0. The first kappa shape index (κ1) is 12.4. The Morgan fingerprint density at radius 2 is 2.00 bits per heavy atom. The summed E-state index contributed by atoms with van der Waals surface area (Å²) in [6.07, 6.45) is 5.75. The molecule has 1 atom stereocenters. The number of allylic oxidation sites excluding steroid dienone is 6. The van der Waals surface area contributed by atoms with Crippen LogP contribution in [0.5, 0.6) is 0 Å². The van der Waals surface area contributed by atoms with Crippen LogP contribution in [0.4, 0.5) is 0 Å². The van der Waals surface area contributed by atoms with Crippen LogP contribution in [-0.4, -0.2) is 0 Å². The molecule has 0 radical (unpaired) electrons. The van der Waals surface area contributed by atoms with E-state index in [-0.39, 0.29) is 0 Å². The number of hydrogen-bond acceptors (Lipinski definition) is 0. The van der Waals surface area contributed by atoms with Crippen LogP contribution < -0.4 is 0 Å². The van der Waals surface area contributed by atoms with Gasteiger partial charge in [-0.3, -0.25) is 0 Å². The van der Waals surface area contributed by atoms with E-state index in [0.717, 1.165) is 6.42 Å². The molecule has 0 fully saturated rings. The van der Waals surface area contributed by atoms with E-state index >= 15 is 0 Å². The molecule has 1 heteroatoms. The normalized spacial score (nSPS) is 22.0. The summed E-state index contributed by atoms with van der Waals surface area (Å²) in [5.74, 6) is 0.583. The molecule has 2 aliphatic carbocycles. The SMILES string of the molecule is CC1=C(C)C(C)c2cccc(C3=[C]([Zr])CC=C3)c21. The molecule has 1 unspecified atom stereocenters. The second-order valence-electron chi connectivity index (χ2n) is 5.30. The van der Waals surface area contributed by atoms with Crippen molar-refractivity contribution in [1.29, 1.82) is 0 Å². The molecule has 0 aromatic heterocycles. The molecule has 0 N–H and O–H groups in total. The van der Waals surface area contributed by atoms with E-state index in [1.165, 1.54) is 33.4 Å². The van der Waals surface area contributed by atoms with Crippen molar-refractivity contribution < 1.29 is 24.7 Å². The van der Waals surface area contributed by atoms with Crippen LogP contribution in [-0.2, 0) is 24.7 Å². The molecule has 89 valence electrons. The van der Waals surface area contributed by atoms with Crippen molar-refractivity contribution in [3.8, 4) is 0 Å². The molecule has 0 amide bonds. The minimum absolute atomic E-state index is 0.583. The van der Waals surface area contributed by atoms with Gasteiger partial charge in [0.15, 0.2) is 0 Å². The van der Waals surface area contributed by atoms with Gasteiger partial charge in [0.25, 0.3) is 0 Å². The van der Waals surface area contributed by atoms with E-state index in [1.807, 2.05) is 0 Å². The van der Waals surface area contributed by atoms with Crippen molar-refractivity contribution in [3.05, 3.63) is 55.9 Å². The van der Waals surface area contributed by atoms with Gasteiger partial charge >= 0.3 is 125 Å². The summed E-state index contributed by atoms with van der Waals surface area (Å²) >= 11 is 1.55. The minimum atomic E-state index is 0.583. The Kier molecular flexibility index (Phi) is 3.06.